The first-order chi connectivity index (χ1) is 11.8. The minimum Gasteiger partial charge on any atom is -0.480 e. The molecule has 5 heteroatoms. The van der Waals surface area contributed by atoms with Crippen molar-refractivity contribution in [3.63, 3.8) is 0 Å². The fraction of sp³-hybridized carbons (Fsp3) is 0.400. The number of carboxylic acid groups (broad SMARTS) is 1. The van der Waals surface area contributed by atoms with Crippen LogP contribution in [-0.4, -0.2) is 35.1 Å². The van der Waals surface area contributed by atoms with Gasteiger partial charge in [0.05, 0.1) is 18.7 Å². The molecule has 1 aliphatic heterocycles. The van der Waals surface area contributed by atoms with E-state index >= 15 is 0 Å². The van der Waals surface area contributed by atoms with Gasteiger partial charge in [-0.15, -0.1) is 0 Å². The van der Waals surface area contributed by atoms with Gasteiger partial charge in [-0.2, -0.15) is 0 Å². The molecule has 1 aliphatic rings. The lowest BCUT2D eigenvalue weighted by Gasteiger charge is -2.39. The van der Waals surface area contributed by atoms with Gasteiger partial charge in [0.25, 0.3) is 0 Å². The largest absolute Gasteiger partial charge is 0.480 e. The Hall–Kier alpha value is -2.24. The average Bonchev–Trinajstić information content (AvgIpc) is 2.60. The Morgan fingerprint density at radius 3 is 2.56 bits per heavy atom. The monoisotopic (exact) mass is 341 g/mol. The van der Waals surface area contributed by atoms with Crippen LogP contribution in [0.2, 0.25) is 0 Å². The maximum Gasteiger partial charge on any atom is 0.318 e. The summed E-state index contributed by atoms with van der Waals surface area (Å²) in [6.07, 6.45) is 4.34. The number of carbonyl (C=O) groups is 1. The molecule has 25 heavy (non-hydrogen) atoms. The lowest BCUT2D eigenvalue weighted by Crippen LogP contribution is -2.49. The van der Waals surface area contributed by atoms with E-state index < -0.39 is 17.2 Å². The summed E-state index contributed by atoms with van der Waals surface area (Å²) in [5.41, 5.74) is 1.66. The van der Waals surface area contributed by atoms with Crippen molar-refractivity contribution in [3.8, 4) is 0 Å². The van der Waals surface area contributed by atoms with Crippen molar-refractivity contribution in [2.75, 3.05) is 13.2 Å². The van der Waals surface area contributed by atoms with Crippen molar-refractivity contribution in [1.29, 1.82) is 0 Å². The second-order valence-electron chi connectivity index (χ2n) is 6.88. The normalized spacial score (nSPS) is 19.3. The second kappa shape index (κ2) is 6.58. The molecule has 132 valence electrons. The third-order valence-electron chi connectivity index (χ3n) is 4.51. The minimum atomic E-state index is -1.18. The molecule has 2 aromatic rings. The second-order valence-corrected chi connectivity index (χ2v) is 6.88. The van der Waals surface area contributed by atoms with Crippen LogP contribution in [0.15, 0.2) is 36.4 Å². The van der Waals surface area contributed by atoms with Gasteiger partial charge in [-0.05, 0) is 38.0 Å². The van der Waals surface area contributed by atoms with Crippen molar-refractivity contribution in [2.24, 2.45) is 5.41 Å². The van der Waals surface area contributed by atoms with Gasteiger partial charge < -0.3 is 14.6 Å². The number of hydrogen-bond acceptors (Lipinski definition) is 4. The Labute approximate surface area is 147 Å². The molecule has 1 fully saturated rings. The van der Waals surface area contributed by atoms with Crippen molar-refractivity contribution < 1.29 is 19.4 Å². The van der Waals surface area contributed by atoms with E-state index in [9.17, 15) is 9.90 Å². The molecule has 2 heterocycles. The summed E-state index contributed by atoms with van der Waals surface area (Å²) in [5.74, 6) is -1.71. The van der Waals surface area contributed by atoms with E-state index in [2.05, 4.69) is 18.0 Å². The quantitative estimate of drug-likeness (QED) is 0.919. The Balaban J connectivity index is 1.88. The molecule has 1 aromatic heterocycles. The number of ether oxygens (including phenoxy) is 2. The number of benzene rings is 1. The highest BCUT2D eigenvalue weighted by Crippen LogP contribution is 2.32. The summed E-state index contributed by atoms with van der Waals surface area (Å²) in [4.78, 5) is 16.4. The molecule has 0 unspecified atom stereocenters. The van der Waals surface area contributed by atoms with Gasteiger partial charge in [0.2, 0.25) is 0 Å². The van der Waals surface area contributed by atoms with Gasteiger partial charge in [-0.3, -0.25) is 9.78 Å². The zero-order valence-corrected chi connectivity index (χ0v) is 14.8. The van der Waals surface area contributed by atoms with Crippen LogP contribution in [0.1, 0.15) is 32.0 Å². The molecule has 0 spiro atoms. The van der Waals surface area contributed by atoms with Gasteiger partial charge in [0.1, 0.15) is 5.41 Å². The number of hydrogen-bond donors (Lipinski definition) is 1. The molecular formula is C20H23NO4. The Kier molecular flexibility index (Phi) is 4.62. The van der Waals surface area contributed by atoms with Gasteiger partial charge in [0.15, 0.2) is 5.79 Å². The summed E-state index contributed by atoms with van der Waals surface area (Å²) >= 11 is 0. The van der Waals surface area contributed by atoms with E-state index in [1.165, 1.54) is 0 Å². The van der Waals surface area contributed by atoms with Crippen LogP contribution in [0.3, 0.4) is 0 Å². The van der Waals surface area contributed by atoms with Crippen LogP contribution in [0, 0.1) is 5.41 Å². The third kappa shape index (κ3) is 3.72. The van der Waals surface area contributed by atoms with Crippen LogP contribution in [0.25, 0.3) is 17.0 Å². The number of fused-ring (bicyclic) bond motifs is 1. The SMILES string of the molecule is CCc1ccc2ccc(C=CC3(C(=O)O)COC(C)(C)OC3)cc2n1. The number of carboxylic acids is 1. The number of rotatable bonds is 4. The molecule has 0 aliphatic carbocycles. The zero-order valence-electron chi connectivity index (χ0n) is 14.8. The van der Waals surface area contributed by atoms with Crippen LogP contribution >= 0.6 is 0 Å². The van der Waals surface area contributed by atoms with Gasteiger partial charge in [-0.1, -0.05) is 37.3 Å². The van der Waals surface area contributed by atoms with Crippen molar-refractivity contribution in [3.05, 3.63) is 47.7 Å². The number of aryl methyl sites for hydroxylation is 1. The summed E-state index contributed by atoms with van der Waals surface area (Å²) in [7, 11) is 0. The van der Waals surface area contributed by atoms with Crippen LogP contribution in [0.5, 0.6) is 0 Å². The van der Waals surface area contributed by atoms with E-state index in [0.29, 0.717) is 0 Å². The summed E-state index contributed by atoms with van der Waals surface area (Å²) in [6, 6.07) is 9.99. The smallest absolute Gasteiger partial charge is 0.318 e. The molecule has 3 rings (SSSR count). The number of aromatic nitrogens is 1. The standard InChI is InChI=1S/C20H23NO4/c1-4-16-8-7-15-6-5-14(11-17(15)21-16)9-10-20(18(22)23)12-24-19(2,3)25-13-20/h5-11H,4,12-13H2,1-3H3,(H,22,23). The molecule has 0 amide bonds. The number of pyridine rings is 1. The highest BCUT2D eigenvalue weighted by Gasteiger charge is 2.44. The number of aliphatic carboxylic acids is 1. The molecule has 0 atom stereocenters. The highest BCUT2D eigenvalue weighted by atomic mass is 16.7. The van der Waals surface area contributed by atoms with Gasteiger partial charge in [-0.25, -0.2) is 0 Å². The van der Waals surface area contributed by atoms with Gasteiger partial charge in [0, 0.05) is 11.1 Å². The highest BCUT2D eigenvalue weighted by molar-refractivity contribution is 5.83. The van der Waals surface area contributed by atoms with E-state index in [0.717, 1.165) is 28.6 Å². The summed E-state index contributed by atoms with van der Waals surface area (Å²) < 4.78 is 11.1. The fourth-order valence-corrected chi connectivity index (χ4v) is 2.71. The molecule has 5 nitrogen and oxygen atoms in total. The maximum absolute atomic E-state index is 11.8. The van der Waals surface area contributed by atoms with Crippen molar-refractivity contribution in [1.82, 2.24) is 4.98 Å². The Morgan fingerprint density at radius 2 is 1.92 bits per heavy atom. The Morgan fingerprint density at radius 1 is 1.24 bits per heavy atom. The van der Waals surface area contributed by atoms with Crippen LogP contribution in [-0.2, 0) is 20.7 Å². The zero-order chi connectivity index (χ0) is 18.1. The molecule has 1 aromatic carbocycles. The van der Waals surface area contributed by atoms with Gasteiger partial charge >= 0.3 is 5.97 Å². The van der Waals surface area contributed by atoms with E-state index in [4.69, 9.17) is 9.47 Å². The minimum absolute atomic E-state index is 0.0810. The number of nitrogens with zero attached hydrogens (tertiary/aromatic N) is 1. The summed E-state index contributed by atoms with van der Waals surface area (Å²) in [6.45, 7) is 5.79. The van der Waals surface area contributed by atoms with Crippen molar-refractivity contribution in [2.45, 2.75) is 33.0 Å². The molecule has 1 saturated heterocycles. The Bertz CT molecular complexity index is 816. The molecule has 0 radical (unpaired) electrons. The third-order valence-corrected chi connectivity index (χ3v) is 4.51. The average molecular weight is 341 g/mol. The first-order valence-electron chi connectivity index (χ1n) is 8.44. The predicted molar refractivity (Wildman–Crippen MR) is 96.2 cm³/mol. The molecule has 0 saturated carbocycles. The molecular weight excluding hydrogens is 318 g/mol. The van der Waals surface area contributed by atoms with Crippen LogP contribution < -0.4 is 0 Å². The van der Waals surface area contributed by atoms with Crippen molar-refractivity contribution >= 4 is 22.9 Å². The fourth-order valence-electron chi connectivity index (χ4n) is 2.71. The topological polar surface area (TPSA) is 68.7 Å². The first-order valence-corrected chi connectivity index (χ1v) is 8.44. The maximum atomic E-state index is 11.8. The van der Waals surface area contributed by atoms with E-state index in [1.807, 2.05) is 24.3 Å². The predicted octanol–water partition coefficient (Wildman–Crippen LogP) is 3.66. The van der Waals surface area contributed by atoms with Crippen LogP contribution in [0.4, 0.5) is 0 Å². The summed E-state index contributed by atoms with van der Waals surface area (Å²) in [5, 5.41) is 10.7. The lowest BCUT2D eigenvalue weighted by molar-refractivity contribution is -0.275. The molecule has 0 bridgehead atoms. The molecule has 1 N–H and O–H groups in total. The van der Waals surface area contributed by atoms with E-state index in [-0.39, 0.29) is 13.2 Å². The lowest BCUT2D eigenvalue weighted by atomic mass is 9.87. The first kappa shape index (κ1) is 17.6. The van der Waals surface area contributed by atoms with E-state index in [1.54, 1.807) is 26.0 Å².